The van der Waals surface area contributed by atoms with Gasteiger partial charge in [0.2, 0.25) is 0 Å². The molecule has 0 spiro atoms. The summed E-state index contributed by atoms with van der Waals surface area (Å²) in [5, 5.41) is 9.17. The van der Waals surface area contributed by atoms with Crippen LogP contribution < -0.4 is 10.5 Å². The number of nitrogens with two attached hydrogens (primary N) is 1. The molecule has 0 aliphatic rings. The number of nitrogens with zero attached hydrogens (tertiary/aromatic N) is 1. The molecule has 0 saturated carbocycles. The van der Waals surface area contributed by atoms with E-state index in [9.17, 15) is 8.42 Å². The fraction of sp³-hybridized carbons (Fsp3) is 0. The Morgan fingerprint density at radius 3 is 2.52 bits per heavy atom. The maximum absolute atomic E-state index is 12.3. The van der Waals surface area contributed by atoms with Gasteiger partial charge in [0, 0.05) is 4.47 Å². The van der Waals surface area contributed by atoms with Gasteiger partial charge in [-0.2, -0.15) is 5.26 Å². The van der Waals surface area contributed by atoms with Crippen molar-refractivity contribution in [2.75, 3.05) is 10.5 Å². The van der Waals surface area contributed by atoms with Gasteiger partial charge in [0.1, 0.15) is 0 Å². The fourth-order valence-corrected chi connectivity index (χ4v) is 3.33. The second kappa shape index (κ2) is 5.93. The lowest BCUT2D eigenvalue weighted by molar-refractivity contribution is 0.601. The van der Waals surface area contributed by atoms with E-state index in [1.165, 1.54) is 36.4 Å². The Hall–Kier alpha value is -1.75. The molecule has 108 valence electrons. The van der Waals surface area contributed by atoms with Gasteiger partial charge in [-0.3, -0.25) is 4.72 Å². The highest BCUT2D eigenvalue weighted by Gasteiger charge is 2.16. The Balaban J connectivity index is 2.37. The molecule has 5 nitrogen and oxygen atoms in total. The van der Waals surface area contributed by atoms with Crippen molar-refractivity contribution in [1.29, 1.82) is 5.26 Å². The van der Waals surface area contributed by atoms with Crippen LogP contribution in [0.3, 0.4) is 0 Å². The van der Waals surface area contributed by atoms with Crippen LogP contribution in [0, 0.1) is 11.3 Å². The quantitative estimate of drug-likeness (QED) is 0.791. The number of benzene rings is 2. The number of halogens is 2. The third kappa shape index (κ3) is 3.47. The largest absolute Gasteiger partial charge is 0.397 e. The van der Waals surface area contributed by atoms with Gasteiger partial charge in [0.05, 0.1) is 32.9 Å². The van der Waals surface area contributed by atoms with Gasteiger partial charge >= 0.3 is 0 Å². The third-order valence-electron chi connectivity index (χ3n) is 2.63. The van der Waals surface area contributed by atoms with Crippen molar-refractivity contribution in [1.82, 2.24) is 0 Å². The maximum Gasteiger partial charge on any atom is 0.262 e. The zero-order chi connectivity index (χ0) is 15.6. The van der Waals surface area contributed by atoms with Crippen molar-refractivity contribution in [3.8, 4) is 6.07 Å². The first kappa shape index (κ1) is 15.6. The number of nitrogens with one attached hydrogen (secondary N) is 1. The first-order chi connectivity index (χ1) is 9.83. The van der Waals surface area contributed by atoms with Gasteiger partial charge < -0.3 is 5.73 Å². The number of rotatable bonds is 3. The van der Waals surface area contributed by atoms with E-state index in [1.54, 1.807) is 0 Å². The van der Waals surface area contributed by atoms with Gasteiger partial charge in [-0.1, -0.05) is 11.6 Å². The molecule has 0 radical (unpaired) electrons. The van der Waals surface area contributed by atoms with E-state index in [-0.39, 0.29) is 16.3 Å². The molecule has 0 amide bonds. The summed E-state index contributed by atoms with van der Waals surface area (Å²) in [4.78, 5) is 0.0440. The fourth-order valence-electron chi connectivity index (χ4n) is 1.57. The highest BCUT2D eigenvalue weighted by atomic mass is 79.9. The Morgan fingerprint density at radius 1 is 1.24 bits per heavy atom. The Labute approximate surface area is 135 Å². The van der Waals surface area contributed by atoms with Gasteiger partial charge in [-0.25, -0.2) is 8.42 Å². The minimum absolute atomic E-state index is 0.0440. The molecule has 0 bridgehead atoms. The van der Waals surface area contributed by atoms with E-state index in [2.05, 4.69) is 20.7 Å². The molecule has 0 saturated heterocycles. The van der Waals surface area contributed by atoms with E-state index >= 15 is 0 Å². The van der Waals surface area contributed by atoms with Crippen molar-refractivity contribution in [3.63, 3.8) is 0 Å². The number of nitriles is 1. The number of hydrogen-bond donors (Lipinski definition) is 2. The predicted molar refractivity (Wildman–Crippen MR) is 85.5 cm³/mol. The SMILES string of the molecule is N#Cc1ccc(NS(=O)(=O)c2ccc(Cl)c(Br)c2)c(N)c1. The molecule has 0 aliphatic heterocycles. The molecule has 0 heterocycles. The first-order valence-electron chi connectivity index (χ1n) is 5.61. The zero-order valence-corrected chi connectivity index (χ0v) is 13.6. The summed E-state index contributed by atoms with van der Waals surface area (Å²) in [6, 6.07) is 10.5. The lowest BCUT2D eigenvalue weighted by atomic mass is 10.2. The van der Waals surface area contributed by atoms with Gasteiger partial charge in [0.25, 0.3) is 10.0 Å². The van der Waals surface area contributed by atoms with Crippen LogP contribution >= 0.6 is 27.5 Å². The molecule has 0 atom stereocenters. The summed E-state index contributed by atoms with van der Waals surface area (Å²) < 4.78 is 27.4. The molecule has 0 unspecified atom stereocenters. The van der Waals surface area contributed by atoms with E-state index in [0.717, 1.165) is 0 Å². The maximum atomic E-state index is 12.3. The molecule has 2 rings (SSSR count). The molecule has 3 N–H and O–H groups in total. The Bertz CT molecular complexity index is 847. The molecule has 0 fully saturated rings. The van der Waals surface area contributed by atoms with Crippen LogP contribution in [-0.4, -0.2) is 8.42 Å². The van der Waals surface area contributed by atoms with E-state index < -0.39 is 10.0 Å². The van der Waals surface area contributed by atoms with Crippen molar-refractivity contribution >= 4 is 48.9 Å². The van der Waals surface area contributed by atoms with E-state index in [0.29, 0.717) is 15.1 Å². The molecule has 0 aliphatic carbocycles. The van der Waals surface area contributed by atoms with Crippen LogP contribution in [0.1, 0.15) is 5.56 Å². The molecule has 21 heavy (non-hydrogen) atoms. The van der Waals surface area contributed by atoms with Gasteiger partial charge in [0.15, 0.2) is 0 Å². The van der Waals surface area contributed by atoms with Crippen molar-refractivity contribution < 1.29 is 8.42 Å². The number of sulfonamides is 1. The van der Waals surface area contributed by atoms with E-state index in [4.69, 9.17) is 22.6 Å². The second-order valence-electron chi connectivity index (χ2n) is 4.10. The van der Waals surface area contributed by atoms with Crippen LogP contribution in [0.4, 0.5) is 11.4 Å². The van der Waals surface area contributed by atoms with Crippen molar-refractivity contribution in [3.05, 3.63) is 51.5 Å². The van der Waals surface area contributed by atoms with Crippen LogP contribution in [-0.2, 0) is 10.0 Å². The highest BCUT2D eigenvalue weighted by Crippen LogP contribution is 2.28. The van der Waals surface area contributed by atoms with Crippen molar-refractivity contribution in [2.24, 2.45) is 0 Å². The molecule has 2 aromatic carbocycles. The number of nitrogen functional groups attached to an aromatic ring is 1. The van der Waals surface area contributed by atoms with Crippen LogP contribution in [0.2, 0.25) is 5.02 Å². The average molecular weight is 387 g/mol. The molecular formula is C13H9BrClN3O2S. The minimum atomic E-state index is -3.80. The average Bonchev–Trinajstić information content (AvgIpc) is 2.43. The summed E-state index contributed by atoms with van der Waals surface area (Å²) in [7, 11) is -3.80. The van der Waals surface area contributed by atoms with Crippen LogP contribution in [0.5, 0.6) is 0 Å². The summed E-state index contributed by atoms with van der Waals surface area (Å²) in [5.74, 6) is 0. The smallest absolute Gasteiger partial charge is 0.262 e. The third-order valence-corrected chi connectivity index (χ3v) is 5.20. The van der Waals surface area contributed by atoms with Crippen LogP contribution in [0.25, 0.3) is 0 Å². The van der Waals surface area contributed by atoms with Gasteiger partial charge in [-0.05, 0) is 52.3 Å². The standard InChI is InChI=1S/C13H9BrClN3O2S/c14-10-6-9(2-3-11(10)15)21(19,20)18-13-4-1-8(7-16)5-12(13)17/h1-6,18H,17H2. The Morgan fingerprint density at radius 2 is 1.95 bits per heavy atom. The minimum Gasteiger partial charge on any atom is -0.397 e. The molecule has 0 aromatic heterocycles. The monoisotopic (exact) mass is 385 g/mol. The van der Waals surface area contributed by atoms with E-state index in [1.807, 2.05) is 6.07 Å². The second-order valence-corrected chi connectivity index (χ2v) is 7.04. The van der Waals surface area contributed by atoms with Crippen molar-refractivity contribution in [2.45, 2.75) is 4.90 Å². The first-order valence-corrected chi connectivity index (χ1v) is 8.26. The van der Waals surface area contributed by atoms with Crippen LogP contribution in [0.15, 0.2) is 45.8 Å². The summed E-state index contributed by atoms with van der Waals surface area (Å²) in [6.07, 6.45) is 0. The summed E-state index contributed by atoms with van der Waals surface area (Å²) in [5.41, 5.74) is 6.46. The zero-order valence-electron chi connectivity index (χ0n) is 10.5. The number of anilines is 2. The normalized spacial score (nSPS) is 10.9. The highest BCUT2D eigenvalue weighted by molar-refractivity contribution is 9.10. The molecule has 2 aromatic rings. The Kier molecular flexibility index (Phi) is 4.42. The molecule has 8 heteroatoms. The predicted octanol–water partition coefficient (Wildman–Crippen LogP) is 3.36. The lowest BCUT2D eigenvalue weighted by Gasteiger charge is -2.11. The summed E-state index contributed by atoms with van der Waals surface area (Å²) >= 11 is 9.01. The summed E-state index contributed by atoms with van der Waals surface area (Å²) in [6.45, 7) is 0. The number of hydrogen-bond acceptors (Lipinski definition) is 4. The van der Waals surface area contributed by atoms with Gasteiger partial charge in [-0.15, -0.1) is 0 Å². The topological polar surface area (TPSA) is 96.0 Å². The molecular weight excluding hydrogens is 378 g/mol. The lowest BCUT2D eigenvalue weighted by Crippen LogP contribution is -2.14.